The number of ether oxygens (including phenoxy) is 1. The normalized spacial score (nSPS) is 18.8. The van der Waals surface area contributed by atoms with Crippen LogP contribution in [0.3, 0.4) is 0 Å². The summed E-state index contributed by atoms with van der Waals surface area (Å²) in [6.45, 7) is 4.98. The molecule has 3 rings (SSSR count). The SMILES string of the molecule is COc1ccc(NC(N)=NCCCN2CCN(C)CC2c2ccccc2)cc1. The molecule has 150 valence electrons. The first-order chi connectivity index (χ1) is 13.7. The maximum absolute atomic E-state index is 6.02. The monoisotopic (exact) mass is 381 g/mol. The fourth-order valence-electron chi connectivity index (χ4n) is 3.55. The highest BCUT2D eigenvalue weighted by atomic mass is 16.5. The fraction of sp³-hybridized carbons (Fsp3) is 0.409. The molecule has 6 heteroatoms. The summed E-state index contributed by atoms with van der Waals surface area (Å²) in [4.78, 5) is 9.45. The van der Waals surface area contributed by atoms with Gasteiger partial charge in [0.25, 0.3) is 0 Å². The van der Waals surface area contributed by atoms with Crippen molar-refractivity contribution in [2.24, 2.45) is 10.7 Å². The van der Waals surface area contributed by atoms with Crippen LogP contribution in [0.15, 0.2) is 59.6 Å². The third-order valence-electron chi connectivity index (χ3n) is 5.13. The van der Waals surface area contributed by atoms with Crippen LogP contribution in [0.25, 0.3) is 0 Å². The minimum atomic E-state index is 0.443. The third-order valence-corrected chi connectivity index (χ3v) is 5.13. The van der Waals surface area contributed by atoms with Gasteiger partial charge in [0.05, 0.1) is 7.11 Å². The highest BCUT2D eigenvalue weighted by Gasteiger charge is 2.25. The number of nitrogens with one attached hydrogen (secondary N) is 1. The van der Waals surface area contributed by atoms with Gasteiger partial charge < -0.3 is 20.7 Å². The van der Waals surface area contributed by atoms with Crippen LogP contribution >= 0.6 is 0 Å². The van der Waals surface area contributed by atoms with Gasteiger partial charge in [0.15, 0.2) is 5.96 Å². The van der Waals surface area contributed by atoms with Crippen LogP contribution in [-0.2, 0) is 0 Å². The Morgan fingerprint density at radius 2 is 1.89 bits per heavy atom. The third kappa shape index (κ3) is 5.71. The second kappa shape index (κ2) is 10.1. The van der Waals surface area contributed by atoms with Crippen molar-refractivity contribution >= 4 is 11.6 Å². The van der Waals surface area contributed by atoms with Gasteiger partial charge in [0, 0.05) is 44.5 Å². The lowest BCUT2D eigenvalue weighted by molar-refractivity contribution is 0.0894. The first-order valence-corrected chi connectivity index (χ1v) is 9.84. The maximum Gasteiger partial charge on any atom is 0.193 e. The maximum atomic E-state index is 6.02. The topological polar surface area (TPSA) is 66.1 Å². The number of aliphatic imine (C=N–C) groups is 1. The van der Waals surface area contributed by atoms with Crippen molar-refractivity contribution in [2.75, 3.05) is 52.2 Å². The van der Waals surface area contributed by atoms with Gasteiger partial charge in [-0.15, -0.1) is 0 Å². The number of nitrogens with zero attached hydrogens (tertiary/aromatic N) is 3. The lowest BCUT2D eigenvalue weighted by atomic mass is 10.0. The molecule has 0 saturated carbocycles. The highest BCUT2D eigenvalue weighted by Crippen LogP contribution is 2.24. The number of benzene rings is 2. The van der Waals surface area contributed by atoms with Crippen LogP contribution in [0.4, 0.5) is 5.69 Å². The van der Waals surface area contributed by atoms with E-state index in [-0.39, 0.29) is 0 Å². The number of hydrogen-bond acceptors (Lipinski definition) is 4. The molecule has 0 bridgehead atoms. The molecule has 1 unspecified atom stereocenters. The van der Waals surface area contributed by atoms with Crippen LogP contribution in [0.1, 0.15) is 18.0 Å². The second-order valence-corrected chi connectivity index (χ2v) is 7.20. The molecular weight excluding hydrogens is 350 g/mol. The lowest BCUT2D eigenvalue weighted by Crippen LogP contribution is -2.47. The summed E-state index contributed by atoms with van der Waals surface area (Å²) >= 11 is 0. The zero-order valence-electron chi connectivity index (χ0n) is 16.8. The molecule has 1 heterocycles. The molecule has 0 aromatic heterocycles. The summed E-state index contributed by atoms with van der Waals surface area (Å²) < 4.78 is 5.16. The number of guanidine groups is 1. The van der Waals surface area contributed by atoms with E-state index in [4.69, 9.17) is 10.5 Å². The van der Waals surface area contributed by atoms with Crippen molar-refractivity contribution in [1.82, 2.24) is 9.80 Å². The van der Waals surface area contributed by atoms with E-state index in [9.17, 15) is 0 Å². The van der Waals surface area contributed by atoms with Gasteiger partial charge in [-0.3, -0.25) is 9.89 Å². The number of methoxy groups -OCH3 is 1. The number of rotatable bonds is 7. The molecular formula is C22H31N5O. The predicted octanol–water partition coefficient (Wildman–Crippen LogP) is 2.80. The summed E-state index contributed by atoms with van der Waals surface area (Å²) in [6.07, 6.45) is 0.984. The van der Waals surface area contributed by atoms with Crippen molar-refractivity contribution in [3.05, 3.63) is 60.2 Å². The number of likely N-dealkylation sites (N-methyl/N-ethyl adjacent to an activating group) is 1. The molecule has 2 aromatic carbocycles. The second-order valence-electron chi connectivity index (χ2n) is 7.20. The zero-order chi connectivity index (χ0) is 19.8. The van der Waals surface area contributed by atoms with E-state index in [1.807, 2.05) is 24.3 Å². The molecule has 6 nitrogen and oxygen atoms in total. The first kappa shape index (κ1) is 20.2. The summed E-state index contributed by atoms with van der Waals surface area (Å²) in [5.41, 5.74) is 8.31. The minimum Gasteiger partial charge on any atom is -0.497 e. The molecule has 3 N–H and O–H groups in total. The zero-order valence-corrected chi connectivity index (χ0v) is 16.8. The fourth-order valence-corrected chi connectivity index (χ4v) is 3.55. The van der Waals surface area contributed by atoms with Gasteiger partial charge >= 0.3 is 0 Å². The van der Waals surface area contributed by atoms with Crippen molar-refractivity contribution in [2.45, 2.75) is 12.5 Å². The highest BCUT2D eigenvalue weighted by molar-refractivity contribution is 5.92. The molecule has 0 radical (unpaired) electrons. The van der Waals surface area contributed by atoms with E-state index in [1.165, 1.54) is 5.56 Å². The number of anilines is 1. The van der Waals surface area contributed by atoms with Crippen molar-refractivity contribution in [3.8, 4) is 5.75 Å². The van der Waals surface area contributed by atoms with Gasteiger partial charge in [0.2, 0.25) is 0 Å². The molecule has 2 aromatic rings. The lowest BCUT2D eigenvalue weighted by Gasteiger charge is -2.40. The Hall–Kier alpha value is -2.57. The molecule has 1 aliphatic heterocycles. The Morgan fingerprint density at radius 1 is 1.14 bits per heavy atom. The summed E-state index contributed by atoms with van der Waals surface area (Å²) in [7, 11) is 3.85. The molecule has 1 aliphatic rings. The largest absolute Gasteiger partial charge is 0.497 e. The molecule has 0 aliphatic carbocycles. The van der Waals surface area contributed by atoms with Gasteiger partial charge in [-0.1, -0.05) is 30.3 Å². The van der Waals surface area contributed by atoms with Gasteiger partial charge in [-0.25, -0.2) is 0 Å². The minimum absolute atomic E-state index is 0.443. The molecule has 1 atom stereocenters. The predicted molar refractivity (Wildman–Crippen MR) is 116 cm³/mol. The molecule has 0 amide bonds. The molecule has 1 fully saturated rings. The summed E-state index contributed by atoms with van der Waals surface area (Å²) in [5.74, 6) is 1.27. The van der Waals surface area contributed by atoms with E-state index in [0.29, 0.717) is 18.5 Å². The van der Waals surface area contributed by atoms with E-state index in [0.717, 1.165) is 44.0 Å². The van der Waals surface area contributed by atoms with E-state index < -0.39 is 0 Å². The van der Waals surface area contributed by atoms with Crippen LogP contribution in [0.5, 0.6) is 5.75 Å². The van der Waals surface area contributed by atoms with Gasteiger partial charge in [-0.2, -0.15) is 0 Å². The molecule has 1 saturated heterocycles. The summed E-state index contributed by atoms with van der Waals surface area (Å²) in [5, 5.41) is 3.12. The Labute approximate surface area is 168 Å². The van der Waals surface area contributed by atoms with E-state index in [1.54, 1.807) is 7.11 Å². The van der Waals surface area contributed by atoms with Crippen LogP contribution in [-0.4, -0.2) is 62.6 Å². The Morgan fingerprint density at radius 3 is 2.61 bits per heavy atom. The summed E-state index contributed by atoms with van der Waals surface area (Å²) in [6, 6.07) is 18.9. The van der Waals surface area contributed by atoms with Crippen molar-refractivity contribution < 1.29 is 4.74 Å². The van der Waals surface area contributed by atoms with Crippen LogP contribution < -0.4 is 15.8 Å². The quantitative estimate of drug-likeness (QED) is 0.439. The first-order valence-electron chi connectivity index (χ1n) is 9.84. The van der Waals surface area contributed by atoms with Crippen molar-refractivity contribution in [1.29, 1.82) is 0 Å². The van der Waals surface area contributed by atoms with E-state index >= 15 is 0 Å². The van der Waals surface area contributed by atoms with E-state index in [2.05, 4.69) is 57.5 Å². The average Bonchev–Trinajstić information content (AvgIpc) is 2.73. The molecule has 0 spiro atoms. The van der Waals surface area contributed by atoms with Crippen LogP contribution in [0, 0.1) is 0 Å². The number of piperazine rings is 1. The smallest absolute Gasteiger partial charge is 0.193 e. The van der Waals surface area contributed by atoms with Gasteiger partial charge in [0.1, 0.15) is 5.75 Å². The Kier molecular flexibility index (Phi) is 7.28. The standard InChI is InChI=1S/C22H31N5O/c1-26-15-16-27(21(17-26)18-7-4-3-5-8-18)14-6-13-24-22(23)25-19-9-11-20(28-2)12-10-19/h3-5,7-12,21H,6,13-17H2,1-2H3,(H3,23,24,25). The number of hydrogen-bond donors (Lipinski definition) is 2. The Bertz CT molecular complexity index is 747. The molecule has 28 heavy (non-hydrogen) atoms. The van der Waals surface area contributed by atoms with Crippen LogP contribution in [0.2, 0.25) is 0 Å². The Balaban J connectivity index is 1.49. The number of nitrogens with two attached hydrogens (primary N) is 1. The van der Waals surface area contributed by atoms with Gasteiger partial charge in [-0.05, 0) is 43.3 Å². The average molecular weight is 382 g/mol. The van der Waals surface area contributed by atoms with Crippen molar-refractivity contribution in [3.63, 3.8) is 0 Å².